The zero-order chi connectivity index (χ0) is 20.9. The third-order valence-corrected chi connectivity index (χ3v) is 6.67. The van der Waals surface area contributed by atoms with Gasteiger partial charge in [0.05, 0.1) is 35.8 Å². The first-order valence-electron chi connectivity index (χ1n) is 9.56. The van der Waals surface area contributed by atoms with E-state index >= 15 is 0 Å². The molecule has 1 aliphatic rings. The number of carbonyl (C=O) groups excluding carboxylic acids is 1. The summed E-state index contributed by atoms with van der Waals surface area (Å²) in [5.41, 5.74) is 2.06. The van der Waals surface area contributed by atoms with Gasteiger partial charge in [0.2, 0.25) is 15.9 Å². The molecule has 0 spiro atoms. The van der Waals surface area contributed by atoms with Crippen LogP contribution in [0, 0.1) is 11.3 Å². The molecular weight excluding hydrogens is 388 g/mol. The number of hydrogen-bond acceptors (Lipinski definition) is 5. The van der Waals surface area contributed by atoms with Gasteiger partial charge in [-0.2, -0.15) is 5.26 Å². The fraction of sp³-hybridized carbons (Fsp3) is 0.333. The number of anilines is 2. The Balaban J connectivity index is 2.01. The molecule has 0 aromatic heterocycles. The van der Waals surface area contributed by atoms with Gasteiger partial charge in [-0.3, -0.25) is 9.10 Å². The van der Waals surface area contributed by atoms with E-state index in [1.807, 2.05) is 37.3 Å². The summed E-state index contributed by atoms with van der Waals surface area (Å²) in [5.74, 6) is -0.0972. The van der Waals surface area contributed by atoms with Gasteiger partial charge < -0.3 is 10.2 Å². The number of piperazine rings is 1. The molecule has 0 saturated carbocycles. The van der Waals surface area contributed by atoms with Crippen molar-refractivity contribution in [2.24, 2.45) is 0 Å². The van der Waals surface area contributed by atoms with Crippen LogP contribution < -0.4 is 14.5 Å². The quantitative estimate of drug-likeness (QED) is 0.753. The molecule has 1 heterocycles. The summed E-state index contributed by atoms with van der Waals surface area (Å²) in [7, 11) is -3.56. The predicted molar refractivity (Wildman–Crippen MR) is 113 cm³/mol. The molecule has 0 aliphatic carbocycles. The van der Waals surface area contributed by atoms with Crippen molar-refractivity contribution >= 4 is 27.3 Å². The molecule has 0 radical (unpaired) electrons. The van der Waals surface area contributed by atoms with E-state index < -0.39 is 10.0 Å². The highest BCUT2D eigenvalue weighted by Gasteiger charge is 2.26. The maximum absolute atomic E-state index is 12.9. The lowest BCUT2D eigenvalue weighted by atomic mass is 10.1. The summed E-state index contributed by atoms with van der Waals surface area (Å²) in [6, 6.07) is 16.3. The lowest BCUT2D eigenvalue weighted by molar-refractivity contribution is -0.118. The van der Waals surface area contributed by atoms with Crippen molar-refractivity contribution < 1.29 is 13.2 Å². The molecule has 2 aromatic carbocycles. The van der Waals surface area contributed by atoms with Crippen LogP contribution in [0.3, 0.4) is 0 Å². The third kappa shape index (κ3) is 4.75. The van der Waals surface area contributed by atoms with Gasteiger partial charge in [-0.1, -0.05) is 37.3 Å². The van der Waals surface area contributed by atoms with Crippen LogP contribution in [-0.4, -0.2) is 39.7 Å². The van der Waals surface area contributed by atoms with Crippen LogP contribution in [0.15, 0.2) is 48.5 Å². The van der Waals surface area contributed by atoms with Crippen molar-refractivity contribution in [3.63, 3.8) is 0 Å². The van der Waals surface area contributed by atoms with Gasteiger partial charge >= 0.3 is 0 Å². The molecule has 1 saturated heterocycles. The van der Waals surface area contributed by atoms with Crippen LogP contribution in [0.2, 0.25) is 0 Å². The molecule has 3 rings (SSSR count). The molecule has 0 bridgehead atoms. The summed E-state index contributed by atoms with van der Waals surface area (Å²) >= 11 is 0. The Morgan fingerprint density at radius 2 is 1.97 bits per heavy atom. The molecule has 8 heteroatoms. The van der Waals surface area contributed by atoms with E-state index in [2.05, 4.69) is 11.4 Å². The van der Waals surface area contributed by atoms with E-state index in [4.69, 9.17) is 0 Å². The zero-order valence-electron chi connectivity index (χ0n) is 16.3. The summed E-state index contributed by atoms with van der Waals surface area (Å²) in [6.45, 7) is 3.33. The molecule has 0 unspecified atom stereocenters. The van der Waals surface area contributed by atoms with Crippen LogP contribution in [-0.2, 0) is 21.4 Å². The number of hydrogen-bond donors (Lipinski definition) is 1. The maximum Gasteiger partial charge on any atom is 0.241 e. The third-order valence-electron chi connectivity index (χ3n) is 4.74. The fourth-order valence-corrected chi connectivity index (χ4v) is 4.85. The Bertz CT molecular complexity index is 1020. The molecule has 2 aromatic rings. The lowest BCUT2D eigenvalue weighted by Gasteiger charge is -2.29. The number of rotatable bonds is 7. The summed E-state index contributed by atoms with van der Waals surface area (Å²) < 4.78 is 27.2. The number of nitrogens with zero attached hydrogens (tertiary/aromatic N) is 3. The van der Waals surface area contributed by atoms with Crippen LogP contribution >= 0.6 is 0 Å². The number of amides is 1. The molecule has 1 fully saturated rings. The lowest BCUT2D eigenvalue weighted by Crippen LogP contribution is -2.48. The predicted octanol–water partition coefficient (Wildman–Crippen LogP) is 2.24. The molecule has 0 atom stereocenters. The average molecular weight is 413 g/mol. The van der Waals surface area contributed by atoms with Gasteiger partial charge in [0.15, 0.2) is 0 Å². The van der Waals surface area contributed by atoms with Gasteiger partial charge in [0.1, 0.15) is 6.07 Å². The highest BCUT2D eigenvalue weighted by molar-refractivity contribution is 7.92. The highest BCUT2D eigenvalue weighted by Crippen LogP contribution is 2.29. The number of nitriles is 1. The molecular formula is C21H24N4O3S. The van der Waals surface area contributed by atoms with Crippen LogP contribution in [0.4, 0.5) is 11.4 Å². The van der Waals surface area contributed by atoms with E-state index in [9.17, 15) is 18.5 Å². The van der Waals surface area contributed by atoms with Crippen LogP contribution in [0.25, 0.3) is 0 Å². The minimum absolute atomic E-state index is 0.0136. The molecule has 1 N–H and O–H groups in total. The molecule has 1 amide bonds. The summed E-state index contributed by atoms with van der Waals surface area (Å²) in [6.07, 6.45) is 0.492. The van der Waals surface area contributed by atoms with E-state index in [-0.39, 0.29) is 30.3 Å². The molecule has 152 valence electrons. The van der Waals surface area contributed by atoms with Gasteiger partial charge in [0, 0.05) is 13.1 Å². The second-order valence-electron chi connectivity index (χ2n) is 6.84. The van der Waals surface area contributed by atoms with Gasteiger partial charge in [-0.15, -0.1) is 0 Å². The summed E-state index contributed by atoms with van der Waals surface area (Å²) in [4.78, 5) is 13.8. The Morgan fingerprint density at radius 1 is 1.21 bits per heavy atom. The van der Waals surface area contributed by atoms with E-state index in [1.165, 1.54) is 4.31 Å². The summed E-state index contributed by atoms with van der Waals surface area (Å²) in [5, 5.41) is 12.7. The van der Waals surface area contributed by atoms with Crippen molar-refractivity contribution in [2.75, 3.05) is 34.6 Å². The van der Waals surface area contributed by atoms with Crippen molar-refractivity contribution in [3.8, 4) is 6.07 Å². The Labute approximate surface area is 171 Å². The van der Waals surface area contributed by atoms with Gasteiger partial charge in [-0.05, 0) is 30.2 Å². The molecule has 7 nitrogen and oxygen atoms in total. The minimum atomic E-state index is -3.56. The molecule has 1 aliphatic heterocycles. The SMILES string of the molecule is CCCS(=O)(=O)N(Cc1ccccc1)c1ccc(N2CCNCC2=O)c(C#N)c1. The minimum Gasteiger partial charge on any atom is -0.309 e. The van der Waals surface area contributed by atoms with Gasteiger partial charge in [0.25, 0.3) is 0 Å². The van der Waals surface area contributed by atoms with E-state index in [0.717, 1.165) is 5.56 Å². The smallest absolute Gasteiger partial charge is 0.241 e. The maximum atomic E-state index is 12.9. The monoisotopic (exact) mass is 412 g/mol. The fourth-order valence-electron chi connectivity index (χ4n) is 3.33. The standard InChI is InChI=1S/C21H24N4O3S/c1-2-12-29(27,28)25(16-17-6-4-3-5-7-17)19-8-9-20(18(13-19)14-22)24-11-10-23-15-21(24)26/h3-9,13,23H,2,10-12,15-16H2,1H3. The first kappa shape index (κ1) is 20.8. The van der Waals surface area contributed by atoms with Crippen molar-refractivity contribution in [3.05, 3.63) is 59.7 Å². The highest BCUT2D eigenvalue weighted by atomic mass is 32.2. The number of benzene rings is 2. The zero-order valence-corrected chi connectivity index (χ0v) is 17.2. The normalized spacial score (nSPS) is 14.5. The van der Waals surface area contributed by atoms with Crippen LogP contribution in [0.5, 0.6) is 0 Å². The van der Waals surface area contributed by atoms with E-state index in [0.29, 0.717) is 30.9 Å². The Morgan fingerprint density at radius 3 is 2.62 bits per heavy atom. The van der Waals surface area contributed by atoms with Gasteiger partial charge in [-0.25, -0.2) is 8.42 Å². The van der Waals surface area contributed by atoms with Crippen molar-refractivity contribution in [1.82, 2.24) is 5.32 Å². The second kappa shape index (κ2) is 9.07. The first-order chi connectivity index (χ1) is 14.0. The largest absolute Gasteiger partial charge is 0.309 e. The number of carbonyl (C=O) groups is 1. The van der Waals surface area contributed by atoms with E-state index in [1.54, 1.807) is 23.1 Å². The average Bonchev–Trinajstić information content (AvgIpc) is 2.73. The number of sulfonamides is 1. The Kier molecular flexibility index (Phi) is 6.52. The van der Waals surface area contributed by atoms with Crippen molar-refractivity contribution in [2.45, 2.75) is 19.9 Å². The first-order valence-corrected chi connectivity index (χ1v) is 11.2. The van der Waals surface area contributed by atoms with Crippen molar-refractivity contribution in [1.29, 1.82) is 5.26 Å². The Hall–Kier alpha value is -2.89. The molecule has 29 heavy (non-hydrogen) atoms. The van der Waals surface area contributed by atoms with Crippen LogP contribution in [0.1, 0.15) is 24.5 Å². The second-order valence-corrected chi connectivity index (χ2v) is 8.86. The number of nitrogens with one attached hydrogen (secondary N) is 1. The topological polar surface area (TPSA) is 93.5 Å².